The lowest BCUT2D eigenvalue weighted by atomic mass is 9.96. The van der Waals surface area contributed by atoms with Gasteiger partial charge < -0.3 is 5.32 Å². The van der Waals surface area contributed by atoms with Crippen LogP contribution in [0.25, 0.3) is 0 Å². The van der Waals surface area contributed by atoms with Gasteiger partial charge in [-0.2, -0.15) is 0 Å². The highest BCUT2D eigenvalue weighted by atomic mass is 15.3. The van der Waals surface area contributed by atoms with Gasteiger partial charge in [-0.25, -0.2) is 10.8 Å². The summed E-state index contributed by atoms with van der Waals surface area (Å²) in [5.41, 5.74) is 4.99. The molecule has 1 saturated carbocycles. The number of hydrogen-bond acceptors (Lipinski definition) is 3. The Morgan fingerprint density at radius 2 is 2.21 bits per heavy atom. The number of aromatic nitrogens is 1. The maximum Gasteiger partial charge on any atom is 0.206 e. The summed E-state index contributed by atoms with van der Waals surface area (Å²) in [6.45, 7) is 2.66. The third kappa shape index (κ3) is 4.21. The molecule has 2 rings (SSSR count). The van der Waals surface area contributed by atoms with Gasteiger partial charge in [0.2, 0.25) is 5.96 Å². The monoisotopic (exact) mass is 261 g/mol. The van der Waals surface area contributed by atoms with Crippen molar-refractivity contribution < 1.29 is 0 Å². The van der Waals surface area contributed by atoms with E-state index in [0.29, 0.717) is 18.5 Å². The van der Waals surface area contributed by atoms with E-state index in [1.807, 2.05) is 19.2 Å². The van der Waals surface area contributed by atoms with Crippen LogP contribution >= 0.6 is 0 Å². The molecule has 0 spiro atoms. The Morgan fingerprint density at radius 1 is 1.42 bits per heavy atom. The van der Waals surface area contributed by atoms with Crippen LogP contribution in [0.1, 0.15) is 43.2 Å². The number of nitrogens with one attached hydrogen (secondary N) is 2. The number of guanidine groups is 1. The van der Waals surface area contributed by atoms with E-state index in [2.05, 4.69) is 20.7 Å². The smallest absolute Gasteiger partial charge is 0.206 e. The van der Waals surface area contributed by atoms with Crippen LogP contribution in [0.3, 0.4) is 0 Å². The fourth-order valence-electron chi connectivity index (χ4n) is 2.42. The molecule has 19 heavy (non-hydrogen) atoms. The Morgan fingerprint density at radius 3 is 2.89 bits per heavy atom. The first-order chi connectivity index (χ1) is 9.29. The van der Waals surface area contributed by atoms with Crippen LogP contribution in [0.5, 0.6) is 0 Å². The lowest BCUT2D eigenvalue weighted by Gasteiger charge is -2.24. The van der Waals surface area contributed by atoms with E-state index in [9.17, 15) is 0 Å². The lowest BCUT2D eigenvalue weighted by Crippen LogP contribution is -2.47. The quantitative estimate of drug-likeness (QED) is 0.334. The normalized spacial score (nSPS) is 17.3. The number of rotatable bonds is 3. The molecule has 0 unspecified atom stereocenters. The Balaban J connectivity index is 1.93. The zero-order chi connectivity index (χ0) is 13.5. The van der Waals surface area contributed by atoms with Crippen molar-refractivity contribution in [3.05, 3.63) is 29.6 Å². The summed E-state index contributed by atoms with van der Waals surface area (Å²) in [5.74, 6) is 6.22. The van der Waals surface area contributed by atoms with Crippen LogP contribution in [0, 0.1) is 6.92 Å². The average Bonchev–Trinajstić information content (AvgIpc) is 2.46. The molecule has 5 nitrogen and oxygen atoms in total. The van der Waals surface area contributed by atoms with Crippen LogP contribution in [0.4, 0.5) is 0 Å². The SMILES string of the molecule is Cc1cnccc1CN=C(NN)NC1CCCCC1. The third-order valence-electron chi connectivity index (χ3n) is 3.63. The van der Waals surface area contributed by atoms with Crippen molar-refractivity contribution in [3.63, 3.8) is 0 Å². The minimum atomic E-state index is 0.502. The second-order valence-electron chi connectivity index (χ2n) is 5.09. The number of nitrogens with zero attached hydrogens (tertiary/aromatic N) is 2. The predicted octanol–water partition coefficient (Wildman–Crippen LogP) is 1.63. The van der Waals surface area contributed by atoms with E-state index in [1.54, 1.807) is 6.20 Å². The molecule has 1 aliphatic rings. The zero-order valence-electron chi connectivity index (χ0n) is 11.5. The van der Waals surface area contributed by atoms with Gasteiger partial charge in [0.25, 0.3) is 0 Å². The van der Waals surface area contributed by atoms with E-state index in [4.69, 9.17) is 5.84 Å². The predicted molar refractivity (Wildman–Crippen MR) is 77.4 cm³/mol. The van der Waals surface area contributed by atoms with Gasteiger partial charge in [-0.1, -0.05) is 19.3 Å². The number of hydrogen-bond donors (Lipinski definition) is 3. The zero-order valence-corrected chi connectivity index (χ0v) is 11.5. The van der Waals surface area contributed by atoms with Crippen molar-refractivity contribution in [1.29, 1.82) is 0 Å². The molecule has 0 aliphatic heterocycles. The number of pyridine rings is 1. The second kappa shape index (κ2) is 7.09. The van der Waals surface area contributed by atoms with Crippen LogP contribution in [0.15, 0.2) is 23.5 Å². The molecule has 104 valence electrons. The lowest BCUT2D eigenvalue weighted by molar-refractivity contribution is 0.410. The van der Waals surface area contributed by atoms with Crippen molar-refractivity contribution in [2.45, 2.75) is 51.6 Å². The molecule has 5 heteroatoms. The van der Waals surface area contributed by atoms with E-state index in [1.165, 1.54) is 37.7 Å². The highest BCUT2D eigenvalue weighted by Gasteiger charge is 2.14. The molecule has 0 atom stereocenters. The Hall–Kier alpha value is -1.62. The minimum absolute atomic E-state index is 0.502. The molecular formula is C14H23N5. The van der Waals surface area contributed by atoms with E-state index in [0.717, 1.165) is 5.56 Å². The second-order valence-corrected chi connectivity index (χ2v) is 5.09. The van der Waals surface area contributed by atoms with E-state index in [-0.39, 0.29) is 0 Å². The van der Waals surface area contributed by atoms with Gasteiger partial charge in [0, 0.05) is 18.4 Å². The largest absolute Gasteiger partial charge is 0.353 e. The molecule has 0 radical (unpaired) electrons. The average molecular weight is 261 g/mol. The van der Waals surface area contributed by atoms with Crippen LogP contribution in [0.2, 0.25) is 0 Å². The van der Waals surface area contributed by atoms with Gasteiger partial charge in [0.1, 0.15) is 0 Å². The summed E-state index contributed by atoms with van der Waals surface area (Å²) >= 11 is 0. The van der Waals surface area contributed by atoms with Crippen molar-refractivity contribution in [2.75, 3.05) is 0 Å². The van der Waals surface area contributed by atoms with Crippen molar-refractivity contribution >= 4 is 5.96 Å². The first-order valence-corrected chi connectivity index (χ1v) is 6.96. The maximum absolute atomic E-state index is 5.54. The Labute approximate surface area is 114 Å². The summed E-state index contributed by atoms with van der Waals surface area (Å²) in [6, 6.07) is 2.50. The van der Waals surface area contributed by atoms with E-state index < -0.39 is 0 Å². The number of nitrogens with two attached hydrogens (primary N) is 1. The molecule has 0 saturated heterocycles. The molecule has 1 aromatic rings. The van der Waals surface area contributed by atoms with Crippen LogP contribution in [-0.4, -0.2) is 17.0 Å². The molecule has 0 amide bonds. The highest BCUT2D eigenvalue weighted by molar-refractivity contribution is 5.79. The van der Waals surface area contributed by atoms with Crippen LogP contribution in [-0.2, 0) is 6.54 Å². The van der Waals surface area contributed by atoms with Crippen LogP contribution < -0.4 is 16.6 Å². The fourth-order valence-corrected chi connectivity index (χ4v) is 2.42. The number of aryl methyl sites for hydroxylation is 1. The topological polar surface area (TPSA) is 75.3 Å². The molecular weight excluding hydrogens is 238 g/mol. The summed E-state index contributed by atoms with van der Waals surface area (Å²) in [7, 11) is 0. The Bertz CT molecular complexity index is 424. The van der Waals surface area contributed by atoms with Gasteiger partial charge >= 0.3 is 0 Å². The highest BCUT2D eigenvalue weighted by Crippen LogP contribution is 2.17. The standard InChI is InChI=1S/C14H23N5/c1-11-9-16-8-7-12(11)10-17-14(19-15)18-13-5-3-2-4-6-13/h7-9,13H,2-6,10,15H2,1H3,(H2,17,18,19). The Kier molecular flexibility index (Phi) is 5.15. The number of aliphatic imine (C=N–C) groups is 1. The number of hydrazine groups is 1. The molecule has 4 N–H and O–H groups in total. The van der Waals surface area contributed by atoms with E-state index >= 15 is 0 Å². The maximum atomic E-state index is 5.54. The molecule has 1 aliphatic carbocycles. The first kappa shape index (κ1) is 13.8. The molecule has 1 heterocycles. The van der Waals surface area contributed by atoms with Crippen molar-refractivity contribution in [2.24, 2.45) is 10.8 Å². The van der Waals surface area contributed by atoms with Gasteiger partial charge in [0.15, 0.2) is 0 Å². The molecule has 1 fully saturated rings. The summed E-state index contributed by atoms with van der Waals surface area (Å²) in [5, 5.41) is 3.39. The summed E-state index contributed by atoms with van der Waals surface area (Å²) in [6.07, 6.45) is 9.98. The first-order valence-electron chi connectivity index (χ1n) is 6.96. The fraction of sp³-hybridized carbons (Fsp3) is 0.571. The van der Waals surface area contributed by atoms with Gasteiger partial charge in [-0.3, -0.25) is 10.4 Å². The molecule has 1 aromatic heterocycles. The van der Waals surface area contributed by atoms with Crippen molar-refractivity contribution in [1.82, 2.24) is 15.7 Å². The molecule has 0 bridgehead atoms. The summed E-state index contributed by atoms with van der Waals surface area (Å²) in [4.78, 5) is 8.59. The van der Waals surface area contributed by atoms with Gasteiger partial charge in [0.05, 0.1) is 6.54 Å². The summed E-state index contributed by atoms with van der Waals surface area (Å²) < 4.78 is 0. The third-order valence-corrected chi connectivity index (χ3v) is 3.63. The minimum Gasteiger partial charge on any atom is -0.353 e. The van der Waals surface area contributed by atoms with Gasteiger partial charge in [-0.05, 0) is 37.0 Å². The van der Waals surface area contributed by atoms with Crippen molar-refractivity contribution in [3.8, 4) is 0 Å². The molecule has 0 aromatic carbocycles. The van der Waals surface area contributed by atoms with Gasteiger partial charge in [-0.15, -0.1) is 0 Å².